The maximum atomic E-state index is 12.4. The maximum absolute atomic E-state index is 12.4. The molecule has 3 N–H and O–H groups in total. The van der Waals surface area contributed by atoms with Crippen molar-refractivity contribution in [2.75, 3.05) is 0 Å². The number of hydrogen-bond donors (Lipinski definition) is 2. The lowest BCUT2D eigenvalue weighted by Gasteiger charge is -2.26. The van der Waals surface area contributed by atoms with E-state index in [0.29, 0.717) is 24.1 Å². The third-order valence-corrected chi connectivity index (χ3v) is 3.76. The fourth-order valence-corrected chi connectivity index (χ4v) is 2.62. The lowest BCUT2D eigenvalue weighted by Crippen LogP contribution is -2.46. The van der Waals surface area contributed by atoms with Gasteiger partial charge in [-0.25, -0.2) is 0 Å². The highest BCUT2D eigenvalue weighted by Gasteiger charge is 2.29. The van der Waals surface area contributed by atoms with Crippen LogP contribution in [-0.4, -0.2) is 27.6 Å². The highest BCUT2D eigenvalue weighted by Crippen LogP contribution is 2.19. The van der Waals surface area contributed by atoms with Crippen molar-refractivity contribution in [3.63, 3.8) is 0 Å². The van der Waals surface area contributed by atoms with Gasteiger partial charge < -0.3 is 11.1 Å². The summed E-state index contributed by atoms with van der Waals surface area (Å²) in [5.41, 5.74) is 6.66. The van der Waals surface area contributed by atoms with Crippen molar-refractivity contribution in [3.05, 3.63) is 29.6 Å². The molecule has 2 rings (SSSR count). The number of hydrogen-bond acceptors (Lipinski definition) is 3. The van der Waals surface area contributed by atoms with E-state index in [9.17, 15) is 9.59 Å². The zero-order valence-electron chi connectivity index (χ0n) is 12.5. The first-order chi connectivity index (χ1) is 10.0. The molecule has 1 aliphatic carbocycles. The van der Waals surface area contributed by atoms with E-state index in [1.54, 1.807) is 10.9 Å². The standard InChI is InChI=1S/C15H22N4O2/c1-3-8-19-9-12(10(2)18-19)15(21)17-13-7-5-4-6-11(13)14(16)20/h4-5,9,11,13H,3,6-8H2,1-2H3,(H2,16,20)(H,17,21)/t11-,13-/m1/s1. The monoisotopic (exact) mass is 290 g/mol. The van der Waals surface area contributed by atoms with Crippen LogP contribution >= 0.6 is 0 Å². The van der Waals surface area contributed by atoms with Crippen LogP contribution in [0.25, 0.3) is 0 Å². The van der Waals surface area contributed by atoms with Crippen LogP contribution in [0.4, 0.5) is 0 Å². The van der Waals surface area contributed by atoms with Crippen LogP contribution in [0.15, 0.2) is 18.3 Å². The first-order valence-corrected chi connectivity index (χ1v) is 7.32. The summed E-state index contributed by atoms with van der Waals surface area (Å²) >= 11 is 0. The number of nitrogens with two attached hydrogens (primary N) is 1. The fourth-order valence-electron chi connectivity index (χ4n) is 2.62. The minimum atomic E-state index is -0.372. The highest BCUT2D eigenvalue weighted by atomic mass is 16.2. The van der Waals surface area contributed by atoms with Crippen LogP contribution in [0.5, 0.6) is 0 Å². The highest BCUT2D eigenvalue weighted by molar-refractivity contribution is 5.95. The fraction of sp³-hybridized carbons (Fsp3) is 0.533. The topological polar surface area (TPSA) is 90.0 Å². The average molecular weight is 290 g/mol. The molecule has 6 heteroatoms. The number of nitrogens with one attached hydrogen (secondary N) is 1. The van der Waals surface area contributed by atoms with Crippen molar-refractivity contribution in [3.8, 4) is 0 Å². The maximum Gasteiger partial charge on any atom is 0.254 e. The van der Waals surface area contributed by atoms with Crippen LogP contribution in [0, 0.1) is 12.8 Å². The number of carbonyl (C=O) groups is 2. The van der Waals surface area contributed by atoms with Gasteiger partial charge >= 0.3 is 0 Å². The van der Waals surface area contributed by atoms with Crippen molar-refractivity contribution < 1.29 is 9.59 Å². The Hall–Kier alpha value is -2.11. The van der Waals surface area contributed by atoms with Crippen molar-refractivity contribution in [2.24, 2.45) is 11.7 Å². The van der Waals surface area contributed by atoms with Gasteiger partial charge in [-0.2, -0.15) is 5.10 Å². The van der Waals surface area contributed by atoms with Gasteiger partial charge in [0.05, 0.1) is 17.2 Å². The number of amides is 2. The van der Waals surface area contributed by atoms with Crippen LogP contribution in [0.3, 0.4) is 0 Å². The summed E-state index contributed by atoms with van der Waals surface area (Å²) < 4.78 is 1.77. The van der Waals surface area contributed by atoms with E-state index in [1.165, 1.54) is 0 Å². The average Bonchev–Trinajstić information content (AvgIpc) is 2.80. The Morgan fingerprint density at radius 2 is 2.14 bits per heavy atom. The molecule has 1 aliphatic rings. The number of primary amides is 1. The van der Waals surface area contributed by atoms with Gasteiger partial charge in [0.15, 0.2) is 0 Å². The molecule has 0 fully saturated rings. The van der Waals surface area contributed by atoms with Crippen molar-refractivity contribution in [1.29, 1.82) is 0 Å². The number of carbonyl (C=O) groups excluding carboxylic acids is 2. The van der Waals surface area contributed by atoms with E-state index in [2.05, 4.69) is 17.3 Å². The van der Waals surface area contributed by atoms with Crippen LogP contribution in [0.2, 0.25) is 0 Å². The predicted octanol–water partition coefficient (Wildman–Crippen LogP) is 1.15. The third-order valence-electron chi connectivity index (χ3n) is 3.76. The van der Waals surface area contributed by atoms with Gasteiger partial charge in [-0.05, 0) is 26.2 Å². The Labute approximate surface area is 124 Å². The second-order valence-electron chi connectivity index (χ2n) is 5.42. The Balaban J connectivity index is 2.10. The molecule has 0 bridgehead atoms. The molecule has 1 aromatic rings. The Morgan fingerprint density at radius 3 is 2.81 bits per heavy atom. The summed E-state index contributed by atoms with van der Waals surface area (Å²) in [6.45, 7) is 4.65. The lowest BCUT2D eigenvalue weighted by atomic mass is 9.88. The number of aromatic nitrogens is 2. The molecule has 114 valence electrons. The van der Waals surface area contributed by atoms with E-state index < -0.39 is 0 Å². The second-order valence-corrected chi connectivity index (χ2v) is 5.42. The molecule has 0 radical (unpaired) electrons. The van der Waals surface area contributed by atoms with Gasteiger partial charge in [-0.1, -0.05) is 19.1 Å². The SMILES string of the molecule is CCCn1cc(C(=O)N[C@@H]2CC=CC[C@H]2C(N)=O)c(C)n1. The number of rotatable bonds is 5. The minimum absolute atomic E-state index is 0.193. The van der Waals surface area contributed by atoms with E-state index in [1.807, 2.05) is 19.1 Å². The lowest BCUT2D eigenvalue weighted by molar-refractivity contribution is -0.122. The van der Waals surface area contributed by atoms with Crippen molar-refractivity contribution >= 4 is 11.8 Å². The Morgan fingerprint density at radius 1 is 1.43 bits per heavy atom. The first kappa shape index (κ1) is 15.3. The largest absolute Gasteiger partial charge is 0.369 e. The molecule has 1 aromatic heterocycles. The summed E-state index contributed by atoms with van der Waals surface area (Å²) in [4.78, 5) is 23.8. The molecule has 0 unspecified atom stereocenters. The zero-order valence-corrected chi connectivity index (χ0v) is 12.5. The summed E-state index contributed by atoms with van der Waals surface area (Å²) in [5.74, 6) is -0.908. The molecule has 0 spiro atoms. The number of aryl methyl sites for hydroxylation is 2. The summed E-state index contributed by atoms with van der Waals surface area (Å²) in [7, 11) is 0. The molecular weight excluding hydrogens is 268 g/mol. The van der Waals surface area contributed by atoms with E-state index in [4.69, 9.17) is 5.73 Å². The molecule has 2 atom stereocenters. The molecule has 21 heavy (non-hydrogen) atoms. The summed E-state index contributed by atoms with van der Waals surface area (Å²) in [6.07, 6.45) is 7.82. The van der Waals surface area contributed by atoms with Gasteiger partial charge in [-0.15, -0.1) is 0 Å². The van der Waals surface area contributed by atoms with Crippen LogP contribution in [-0.2, 0) is 11.3 Å². The quantitative estimate of drug-likeness (QED) is 0.797. The summed E-state index contributed by atoms with van der Waals surface area (Å²) in [6, 6.07) is -0.242. The number of nitrogens with zero attached hydrogens (tertiary/aromatic N) is 2. The zero-order chi connectivity index (χ0) is 15.4. The van der Waals surface area contributed by atoms with E-state index in [0.717, 1.165) is 13.0 Å². The van der Waals surface area contributed by atoms with Gasteiger partial charge in [0, 0.05) is 18.8 Å². The number of allylic oxidation sites excluding steroid dienone is 1. The molecule has 0 saturated heterocycles. The van der Waals surface area contributed by atoms with Crippen LogP contribution < -0.4 is 11.1 Å². The van der Waals surface area contributed by atoms with Crippen LogP contribution in [0.1, 0.15) is 42.2 Å². The van der Waals surface area contributed by atoms with Crippen molar-refractivity contribution in [2.45, 2.75) is 45.7 Å². The van der Waals surface area contributed by atoms with Gasteiger partial charge in [0.2, 0.25) is 5.91 Å². The second kappa shape index (κ2) is 6.56. The van der Waals surface area contributed by atoms with E-state index in [-0.39, 0.29) is 23.8 Å². The van der Waals surface area contributed by atoms with Gasteiger partial charge in [0.1, 0.15) is 0 Å². The Kier molecular flexibility index (Phi) is 4.77. The third kappa shape index (κ3) is 3.51. The van der Waals surface area contributed by atoms with E-state index >= 15 is 0 Å². The molecular formula is C15H22N4O2. The normalized spacial score (nSPS) is 21.2. The molecule has 1 heterocycles. The Bertz CT molecular complexity index is 562. The van der Waals surface area contributed by atoms with Crippen molar-refractivity contribution in [1.82, 2.24) is 15.1 Å². The summed E-state index contributed by atoms with van der Waals surface area (Å²) in [5, 5.41) is 7.24. The first-order valence-electron chi connectivity index (χ1n) is 7.32. The molecule has 0 aromatic carbocycles. The smallest absolute Gasteiger partial charge is 0.254 e. The molecule has 2 amide bonds. The molecule has 0 saturated carbocycles. The van der Waals surface area contributed by atoms with Gasteiger partial charge in [0.25, 0.3) is 5.91 Å². The molecule has 0 aliphatic heterocycles. The molecule has 6 nitrogen and oxygen atoms in total. The minimum Gasteiger partial charge on any atom is -0.369 e. The van der Waals surface area contributed by atoms with Gasteiger partial charge in [-0.3, -0.25) is 14.3 Å². The predicted molar refractivity (Wildman–Crippen MR) is 79.6 cm³/mol.